The third-order valence-corrected chi connectivity index (χ3v) is 6.15. The van der Waals surface area contributed by atoms with E-state index < -0.39 is 5.78 Å². The van der Waals surface area contributed by atoms with Gasteiger partial charge in [0.2, 0.25) is 5.43 Å². The van der Waals surface area contributed by atoms with E-state index in [1.807, 2.05) is 34.9 Å². The van der Waals surface area contributed by atoms with Crippen LogP contribution < -0.4 is 5.43 Å². The molecule has 0 spiro atoms. The molecule has 5 rings (SSSR count). The van der Waals surface area contributed by atoms with Crippen LogP contribution in [0.15, 0.2) is 84.3 Å². The van der Waals surface area contributed by atoms with Gasteiger partial charge in [-0.2, -0.15) is 0 Å². The van der Waals surface area contributed by atoms with Crippen LogP contribution in [0, 0.1) is 0 Å². The molecule has 0 unspecified atom stereocenters. The highest BCUT2D eigenvalue weighted by Crippen LogP contribution is 2.20. The summed E-state index contributed by atoms with van der Waals surface area (Å²) >= 11 is 0. The summed E-state index contributed by atoms with van der Waals surface area (Å²) in [4.78, 5) is 46.2. The van der Waals surface area contributed by atoms with Gasteiger partial charge in [0, 0.05) is 30.2 Å². The molecule has 0 aliphatic carbocycles. The fraction of sp³-hybridized carbons (Fsp3) is 0.143. The number of benzene rings is 2. The van der Waals surface area contributed by atoms with Gasteiger partial charge in [-0.1, -0.05) is 43.0 Å². The number of hydrogen-bond donors (Lipinski definition) is 0. The van der Waals surface area contributed by atoms with Gasteiger partial charge in [-0.3, -0.25) is 19.4 Å². The number of para-hydroxylation sites is 1. The molecule has 0 atom stereocenters. The largest absolute Gasteiger partial charge is 0.340 e. The summed E-state index contributed by atoms with van der Waals surface area (Å²) in [6.45, 7) is 5.51. The Bertz CT molecular complexity index is 1500. The fourth-order valence-electron chi connectivity index (χ4n) is 4.21. The first-order chi connectivity index (χ1) is 16.6. The Balaban J connectivity index is 1.63. The molecule has 4 aromatic rings. The number of pyridine rings is 2. The van der Waals surface area contributed by atoms with Crippen molar-refractivity contribution in [1.82, 2.24) is 14.5 Å². The summed E-state index contributed by atoms with van der Waals surface area (Å²) in [5.41, 5.74) is 2.48. The monoisotopic (exact) mass is 449 g/mol. The summed E-state index contributed by atoms with van der Waals surface area (Å²) < 4.78 is 1.86. The van der Waals surface area contributed by atoms with Crippen LogP contribution in [0.5, 0.6) is 0 Å². The molecule has 0 bridgehead atoms. The van der Waals surface area contributed by atoms with Gasteiger partial charge in [-0.05, 0) is 42.8 Å². The van der Waals surface area contributed by atoms with Crippen LogP contribution >= 0.6 is 0 Å². The molecule has 1 aliphatic rings. The molecule has 1 fully saturated rings. The van der Waals surface area contributed by atoms with E-state index in [0.29, 0.717) is 36.1 Å². The molecule has 1 amide bonds. The van der Waals surface area contributed by atoms with Crippen molar-refractivity contribution in [2.75, 3.05) is 13.1 Å². The zero-order chi connectivity index (χ0) is 23.7. The van der Waals surface area contributed by atoms with E-state index in [9.17, 15) is 14.4 Å². The zero-order valence-corrected chi connectivity index (χ0v) is 18.6. The number of carbonyl (C=O) groups excluding carboxylic acids is 2. The SMILES string of the molecule is C=Cc1cccc(Cn2cc(C(=O)c3ccccc3C(=O)N3CCC3)c(=O)c3ccccc32)n1. The molecule has 0 radical (unpaired) electrons. The predicted molar refractivity (Wildman–Crippen MR) is 132 cm³/mol. The molecule has 0 N–H and O–H groups in total. The van der Waals surface area contributed by atoms with Crippen molar-refractivity contribution in [3.8, 4) is 0 Å². The van der Waals surface area contributed by atoms with Crippen LogP contribution in [0.1, 0.15) is 44.1 Å². The maximum absolute atomic E-state index is 13.7. The molecule has 34 heavy (non-hydrogen) atoms. The summed E-state index contributed by atoms with van der Waals surface area (Å²) in [6, 6.07) is 19.6. The first-order valence-corrected chi connectivity index (χ1v) is 11.2. The van der Waals surface area contributed by atoms with E-state index in [2.05, 4.69) is 11.6 Å². The molecule has 0 saturated carbocycles. The van der Waals surface area contributed by atoms with Gasteiger partial charge < -0.3 is 9.47 Å². The highest BCUT2D eigenvalue weighted by Gasteiger charge is 2.27. The molecule has 6 heteroatoms. The van der Waals surface area contributed by atoms with Gasteiger partial charge >= 0.3 is 0 Å². The minimum Gasteiger partial charge on any atom is -0.340 e. The summed E-state index contributed by atoms with van der Waals surface area (Å²) in [6.07, 6.45) is 4.21. The van der Waals surface area contributed by atoms with E-state index in [1.54, 1.807) is 53.6 Å². The number of nitrogens with zero attached hydrogens (tertiary/aromatic N) is 3. The third-order valence-electron chi connectivity index (χ3n) is 6.15. The number of likely N-dealkylation sites (tertiary alicyclic amines) is 1. The Morgan fingerprint density at radius 2 is 1.65 bits per heavy atom. The number of aromatic nitrogens is 2. The Morgan fingerprint density at radius 3 is 2.38 bits per heavy atom. The van der Waals surface area contributed by atoms with E-state index in [0.717, 1.165) is 17.8 Å². The number of rotatable bonds is 6. The Morgan fingerprint density at radius 1 is 0.912 bits per heavy atom. The number of amides is 1. The van der Waals surface area contributed by atoms with Crippen LogP contribution in [0.25, 0.3) is 17.0 Å². The molecule has 3 heterocycles. The number of carbonyl (C=O) groups is 2. The van der Waals surface area contributed by atoms with Crippen molar-refractivity contribution in [3.05, 3.63) is 118 Å². The second kappa shape index (κ2) is 8.90. The van der Waals surface area contributed by atoms with Gasteiger partial charge in [-0.25, -0.2) is 0 Å². The van der Waals surface area contributed by atoms with Gasteiger partial charge in [0.05, 0.1) is 34.6 Å². The average Bonchev–Trinajstić information content (AvgIpc) is 2.84. The second-order valence-corrected chi connectivity index (χ2v) is 8.30. The number of ketones is 1. The van der Waals surface area contributed by atoms with Crippen LogP contribution in [0.4, 0.5) is 0 Å². The molecular formula is C28H23N3O3. The zero-order valence-electron chi connectivity index (χ0n) is 18.6. The molecule has 168 valence electrons. The van der Waals surface area contributed by atoms with Crippen molar-refractivity contribution < 1.29 is 9.59 Å². The van der Waals surface area contributed by atoms with Crippen molar-refractivity contribution in [2.24, 2.45) is 0 Å². The standard InChI is InChI=1S/C28H23N3O3/c1-2-19-9-7-10-20(29-19)17-31-18-24(27(33)23-13-5-6-14-25(23)31)26(32)21-11-3-4-12-22(21)28(34)30-15-8-16-30/h2-7,9-14,18H,1,8,15-17H2. The van der Waals surface area contributed by atoms with Gasteiger partial charge in [0.1, 0.15) is 0 Å². The van der Waals surface area contributed by atoms with Crippen LogP contribution in [-0.2, 0) is 6.54 Å². The highest BCUT2D eigenvalue weighted by atomic mass is 16.2. The lowest BCUT2D eigenvalue weighted by Gasteiger charge is -2.31. The number of fused-ring (bicyclic) bond motifs is 1. The van der Waals surface area contributed by atoms with E-state index in [1.165, 1.54) is 0 Å². The van der Waals surface area contributed by atoms with Gasteiger partial charge in [-0.15, -0.1) is 0 Å². The normalized spacial score (nSPS) is 12.9. The third kappa shape index (κ3) is 3.83. The summed E-state index contributed by atoms with van der Waals surface area (Å²) in [7, 11) is 0. The smallest absolute Gasteiger partial charge is 0.254 e. The van der Waals surface area contributed by atoms with Gasteiger partial charge in [0.15, 0.2) is 5.78 Å². The van der Waals surface area contributed by atoms with Crippen LogP contribution in [0.3, 0.4) is 0 Å². The molecular weight excluding hydrogens is 426 g/mol. The van der Waals surface area contributed by atoms with Crippen LogP contribution in [-0.4, -0.2) is 39.2 Å². The number of hydrogen-bond acceptors (Lipinski definition) is 4. The topological polar surface area (TPSA) is 72.3 Å². The molecule has 2 aromatic carbocycles. The van der Waals surface area contributed by atoms with E-state index in [4.69, 9.17) is 0 Å². The first-order valence-electron chi connectivity index (χ1n) is 11.2. The van der Waals surface area contributed by atoms with Crippen LogP contribution in [0.2, 0.25) is 0 Å². The van der Waals surface area contributed by atoms with Crippen molar-refractivity contribution in [3.63, 3.8) is 0 Å². The lowest BCUT2D eigenvalue weighted by molar-refractivity contribution is 0.0648. The first kappa shape index (κ1) is 21.5. The lowest BCUT2D eigenvalue weighted by Crippen LogP contribution is -2.42. The van der Waals surface area contributed by atoms with Crippen molar-refractivity contribution in [2.45, 2.75) is 13.0 Å². The Hall–Kier alpha value is -4.32. The molecule has 1 aliphatic heterocycles. The second-order valence-electron chi connectivity index (χ2n) is 8.30. The highest BCUT2D eigenvalue weighted by molar-refractivity contribution is 6.16. The van der Waals surface area contributed by atoms with Gasteiger partial charge in [0.25, 0.3) is 5.91 Å². The minimum atomic E-state index is -0.457. The molecule has 2 aromatic heterocycles. The Kier molecular flexibility index (Phi) is 5.64. The van der Waals surface area contributed by atoms with Crippen molar-refractivity contribution in [1.29, 1.82) is 0 Å². The molecule has 1 saturated heterocycles. The quantitative estimate of drug-likeness (QED) is 0.414. The summed E-state index contributed by atoms with van der Waals surface area (Å²) in [5.74, 6) is -0.636. The lowest BCUT2D eigenvalue weighted by atomic mass is 9.96. The van der Waals surface area contributed by atoms with E-state index in [-0.39, 0.29) is 22.5 Å². The fourth-order valence-corrected chi connectivity index (χ4v) is 4.21. The Labute approximate surface area is 196 Å². The predicted octanol–water partition coefficient (Wildman–Crippen LogP) is 4.16. The molecule has 6 nitrogen and oxygen atoms in total. The summed E-state index contributed by atoms with van der Waals surface area (Å²) in [5, 5.41) is 0.444. The van der Waals surface area contributed by atoms with Crippen molar-refractivity contribution >= 4 is 28.7 Å². The average molecular weight is 450 g/mol. The van der Waals surface area contributed by atoms with E-state index >= 15 is 0 Å². The maximum Gasteiger partial charge on any atom is 0.254 e. The maximum atomic E-state index is 13.7. The minimum absolute atomic E-state index is 0.0300.